The van der Waals surface area contributed by atoms with Crippen molar-refractivity contribution in [1.82, 2.24) is 4.90 Å². The highest BCUT2D eigenvalue weighted by molar-refractivity contribution is 5.45. The van der Waals surface area contributed by atoms with Crippen molar-refractivity contribution in [3.05, 3.63) is 28.8 Å². The zero-order valence-corrected chi connectivity index (χ0v) is 13.2. The Kier molecular flexibility index (Phi) is 5.83. The molecule has 0 heterocycles. The molecule has 0 spiro atoms. The van der Waals surface area contributed by atoms with Gasteiger partial charge in [-0.25, -0.2) is 0 Å². The molecule has 0 aliphatic heterocycles. The summed E-state index contributed by atoms with van der Waals surface area (Å²) in [5.74, 6) is 0.987. The first kappa shape index (κ1) is 16.0. The maximum Gasteiger partial charge on any atom is 0.124 e. The average molecular weight is 264 g/mol. The first-order chi connectivity index (χ1) is 8.86. The number of aryl methyl sites for hydroxylation is 2. The zero-order valence-electron chi connectivity index (χ0n) is 13.2. The number of nitrogens with zero attached hydrogens (tertiary/aromatic N) is 1. The van der Waals surface area contributed by atoms with Gasteiger partial charge in [0.2, 0.25) is 0 Å². The van der Waals surface area contributed by atoms with Gasteiger partial charge in [0.1, 0.15) is 5.75 Å². The van der Waals surface area contributed by atoms with Gasteiger partial charge in [0.05, 0.1) is 7.11 Å². The summed E-state index contributed by atoms with van der Waals surface area (Å²) in [7, 11) is 5.98. The van der Waals surface area contributed by atoms with Crippen LogP contribution in [0.5, 0.6) is 5.75 Å². The van der Waals surface area contributed by atoms with Gasteiger partial charge in [0.15, 0.2) is 0 Å². The van der Waals surface area contributed by atoms with Crippen molar-refractivity contribution in [2.45, 2.75) is 45.7 Å². The van der Waals surface area contributed by atoms with Crippen LogP contribution in [-0.4, -0.2) is 32.1 Å². The van der Waals surface area contributed by atoms with Crippen LogP contribution in [0, 0.1) is 13.8 Å². The Labute approximate surface area is 117 Å². The molecule has 0 aromatic heterocycles. The van der Waals surface area contributed by atoms with Gasteiger partial charge in [-0.2, -0.15) is 0 Å². The fourth-order valence-electron chi connectivity index (χ4n) is 2.62. The largest absolute Gasteiger partial charge is 0.496 e. The van der Waals surface area contributed by atoms with Crippen molar-refractivity contribution >= 4 is 0 Å². The molecule has 1 rings (SSSR count). The Morgan fingerprint density at radius 3 is 2.32 bits per heavy atom. The molecule has 0 amide bonds. The van der Waals surface area contributed by atoms with Crippen LogP contribution in [0.1, 0.15) is 42.5 Å². The van der Waals surface area contributed by atoms with E-state index in [0.717, 1.165) is 18.6 Å². The van der Waals surface area contributed by atoms with Crippen LogP contribution in [-0.2, 0) is 0 Å². The van der Waals surface area contributed by atoms with E-state index in [1.807, 2.05) is 0 Å². The Morgan fingerprint density at radius 2 is 1.84 bits per heavy atom. The van der Waals surface area contributed by atoms with Crippen molar-refractivity contribution in [2.75, 3.05) is 21.2 Å². The Balaban J connectivity index is 3.14. The molecule has 108 valence electrons. The molecular weight excluding hydrogens is 236 g/mol. The van der Waals surface area contributed by atoms with E-state index in [1.54, 1.807) is 7.11 Å². The van der Waals surface area contributed by atoms with Crippen molar-refractivity contribution < 1.29 is 4.74 Å². The lowest BCUT2D eigenvalue weighted by molar-refractivity contribution is 0.265. The molecule has 2 atom stereocenters. The molecule has 19 heavy (non-hydrogen) atoms. The molecule has 2 N–H and O–H groups in total. The molecule has 0 aliphatic carbocycles. The number of hydrogen-bond acceptors (Lipinski definition) is 3. The highest BCUT2D eigenvalue weighted by atomic mass is 16.5. The van der Waals surface area contributed by atoms with Gasteiger partial charge in [0, 0.05) is 17.6 Å². The Hall–Kier alpha value is -1.06. The fourth-order valence-corrected chi connectivity index (χ4v) is 2.62. The monoisotopic (exact) mass is 264 g/mol. The first-order valence-electron chi connectivity index (χ1n) is 6.94. The quantitative estimate of drug-likeness (QED) is 0.858. The van der Waals surface area contributed by atoms with Gasteiger partial charge in [-0.15, -0.1) is 0 Å². The molecule has 2 unspecified atom stereocenters. The van der Waals surface area contributed by atoms with Gasteiger partial charge >= 0.3 is 0 Å². The van der Waals surface area contributed by atoms with Gasteiger partial charge in [-0.1, -0.05) is 6.07 Å². The minimum absolute atomic E-state index is 0.235. The third-order valence-electron chi connectivity index (χ3n) is 3.57. The second-order valence-electron chi connectivity index (χ2n) is 5.73. The molecule has 0 bridgehead atoms. The molecule has 1 aromatic carbocycles. The number of ether oxygens (including phenoxy) is 1. The van der Waals surface area contributed by atoms with Gasteiger partial charge in [-0.05, 0) is 64.9 Å². The minimum atomic E-state index is 0.235. The summed E-state index contributed by atoms with van der Waals surface area (Å²) in [5.41, 5.74) is 9.72. The fraction of sp³-hybridized carbons (Fsp3) is 0.625. The number of hydrogen-bond donors (Lipinski definition) is 1. The summed E-state index contributed by atoms with van der Waals surface area (Å²) in [5, 5.41) is 0. The van der Waals surface area contributed by atoms with E-state index >= 15 is 0 Å². The Bertz CT molecular complexity index is 413. The van der Waals surface area contributed by atoms with Crippen LogP contribution in [0.4, 0.5) is 0 Å². The molecule has 0 saturated heterocycles. The summed E-state index contributed by atoms with van der Waals surface area (Å²) < 4.78 is 5.59. The average Bonchev–Trinajstić information content (AvgIpc) is 2.30. The maximum atomic E-state index is 5.90. The lowest BCUT2D eigenvalue weighted by atomic mass is 9.93. The van der Waals surface area contributed by atoms with E-state index in [9.17, 15) is 0 Å². The second kappa shape index (κ2) is 6.92. The van der Waals surface area contributed by atoms with Crippen LogP contribution in [0.25, 0.3) is 0 Å². The molecule has 0 aliphatic rings. The second-order valence-corrected chi connectivity index (χ2v) is 5.73. The standard InChI is InChI=1S/C16H28N2O/c1-11-9-12(2)16(15(10-11)19-6)14(18(4)5)8-7-13(3)17/h9-10,13-14H,7-8,17H2,1-6H3. The van der Waals surface area contributed by atoms with Crippen LogP contribution >= 0.6 is 0 Å². The lowest BCUT2D eigenvalue weighted by Gasteiger charge is -2.28. The number of nitrogens with two attached hydrogens (primary N) is 1. The molecular formula is C16H28N2O. The molecule has 3 heteroatoms. The van der Waals surface area contributed by atoms with E-state index in [-0.39, 0.29) is 6.04 Å². The van der Waals surface area contributed by atoms with Crippen molar-refractivity contribution in [3.63, 3.8) is 0 Å². The summed E-state index contributed by atoms with van der Waals surface area (Å²) in [4.78, 5) is 2.25. The van der Waals surface area contributed by atoms with E-state index in [4.69, 9.17) is 10.5 Å². The van der Waals surface area contributed by atoms with Crippen molar-refractivity contribution in [3.8, 4) is 5.75 Å². The molecule has 0 radical (unpaired) electrons. The van der Waals surface area contributed by atoms with E-state index in [1.165, 1.54) is 16.7 Å². The van der Waals surface area contributed by atoms with E-state index in [2.05, 4.69) is 51.9 Å². The summed E-state index contributed by atoms with van der Waals surface area (Å²) in [6.45, 7) is 6.32. The van der Waals surface area contributed by atoms with Gasteiger partial charge in [0.25, 0.3) is 0 Å². The van der Waals surface area contributed by atoms with Crippen LogP contribution in [0.15, 0.2) is 12.1 Å². The van der Waals surface area contributed by atoms with Crippen LogP contribution < -0.4 is 10.5 Å². The molecule has 1 aromatic rings. The molecule has 0 fully saturated rings. The number of methoxy groups -OCH3 is 1. The van der Waals surface area contributed by atoms with Crippen LogP contribution in [0.3, 0.4) is 0 Å². The molecule has 3 nitrogen and oxygen atoms in total. The van der Waals surface area contributed by atoms with Gasteiger partial charge < -0.3 is 15.4 Å². The molecule has 0 saturated carbocycles. The van der Waals surface area contributed by atoms with Gasteiger partial charge in [-0.3, -0.25) is 0 Å². The topological polar surface area (TPSA) is 38.5 Å². The SMILES string of the molecule is COc1cc(C)cc(C)c1C(CCC(C)N)N(C)C. The summed E-state index contributed by atoms with van der Waals surface area (Å²) in [6.07, 6.45) is 2.06. The summed E-state index contributed by atoms with van der Waals surface area (Å²) >= 11 is 0. The third kappa shape index (κ3) is 4.22. The highest BCUT2D eigenvalue weighted by Gasteiger charge is 2.21. The minimum Gasteiger partial charge on any atom is -0.496 e. The maximum absolute atomic E-state index is 5.90. The first-order valence-corrected chi connectivity index (χ1v) is 6.94. The van der Waals surface area contributed by atoms with E-state index < -0.39 is 0 Å². The zero-order chi connectivity index (χ0) is 14.6. The predicted molar refractivity (Wildman–Crippen MR) is 81.8 cm³/mol. The van der Waals surface area contributed by atoms with Crippen molar-refractivity contribution in [2.24, 2.45) is 5.73 Å². The predicted octanol–water partition coefficient (Wildman–Crippen LogP) is 3.04. The number of rotatable bonds is 6. The third-order valence-corrected chi connectivity index (χ3v) is 3.57. The highest BCUT2D eigenvalue weighted by Crippen LogP contribution is 2.35. The lowest BCUT2D eigenvalue weighted by Crippen LogP contribution is -2.24. The normalized spacial score (nSPS) is 14.5. The van der Waals surface area contributed by atoms with E-state index in [0.29, 0.717) is 6.04 Å². The summed E-state index contributed by atoms with van der Waals surface area (Å²) in [6, 6.07) is 4.92. The number of benzene rings is 1. The van der Waals surface area contributed by atoms with Crippen molar-refractivity contribution in [1.29, 1.82) is 0 Å². The Morgan fingerprint density at radius 1 is 1.21 bits per heavy atom. The van der Waals surface area contributed by atoms with Crippen LogP contribution in [0.2, 0.25) is 0 Å². The smallest absolute Gasteiger partial charge is 0.124 e.